The molecular weight excluding hydrogens is 305 g/mol. The molecule has 1 aromatic carbocycles. The average Bonchev–Trinajstić information content (AvgIpc) is 2.83. The highest BCUT2D eigenvalue weighted by atomic mass is 19.1. The van der Waals surface area contributed by atoms with Gasteiger partial charge in [0.2, 0.25) is 6.10 Å². The van der Waals surface area contributed by atoms with Crippen molar-refractivity contribution in [3.8, 4) is 5.75 Å². The zero-order valence-corrected chi connectivity index (χ0v) is 12.6. The molecule has 0 bridgehead atoms. The number of hydrogen-bond donors (Lipinski definition) is 2. The van der Waals surface area contributed by atoms with Gasteiger partial charge in [0.25, 0.3) is 5.91 Å². The highest BCUT2D eigenvalue weighted by molar-refractivity contribution is 5.93. The second-order valence-corrected chi connectivity index (χ2v) is 4.98. The highest BCUT2D eigenvalue weighted by Gasteiger charge is 2.22. The SMILES string of the molecule is Cc1cc(C)c(C(=O)NCC(Oc2ccc(F)cc2)C(=O)O)o1. The lowest BCUT2D eigenvalue weighted by Gasteiger charge is -2.15. The van der Waals surface area contributed by atoms with Crippen LogP contribution in [-0.4, -0.2) is 29.6 Å². The van der Waals surface area contributed by atoms with Gasteiger partial charge < -0.3 is 19.6 Å². The van der Waals surface area contributed by atoms with Gasteiger partial charge in [-0.1, -0.05) is 0 Å². The number of furan rings is 1. The summed E-state index contributed by atoms with van der Waals surface area (Å²) in [5.74, 6) is -1.32. The predicted octanol–water partition coefficient (Wildman–Crippen LogP) is 2.30. The van der Waals surface area contributed by atoms with Gasteiger partial charge in [-0.15, -0.1) is 0 Å². The molecule has 23 heavy (non-hydrogen) atoms. The standard InChI is InChI=1S/C16H16FNO5/c1-9-7-10(2)22-14(9)15(19)18-8-13(16(20)21)23-12-5-3-11(17)4-6-12/h3-7,13H,8H2,1-2H3,(H,18,19)(H,20,21). The molecule has 0 spiro atoms. The van der Waals surface area contributed by atoms with Gasteiger partial charge in [-0.25, -0.2) is 9.18 Å². The molecule has 0 aliphatic rings. The van der Waals surface area contributed by atoms with E-state index in [4.69, 9.17) is 14.3 Å². The van der Waals surface area contributed by atoms with Gasteiger partial charge in [0.05, 0.1) is 6.54 Å². The molecule has 0 fully saturated rings. The van der Waals surface area contributed by atoms with Gasteiger partial charge >= 0.3 is 5.97 Å². The third-order valence-corrected chi connectivity index (χ3v) is 3.06. The van der Waals surface area contributed by atoms with Crippen molar-refractivity contribution in [2.24, 2.45) is 0 Å². The number of aliphatic carboxylic acids is 1. The van der Waals surface area contributed by atoms with E-state index in [1.54, 1.807) is 19.9 Å². The summed E-state index contributed by atoms with van der Waals surface area (Å²) in [6, 6.07) is 6.64. The quantitative estimate of drug-likeness (QED) is 0.852. The summed E-state index contributed by atoms with van der Waals surface area (Å²) in [6.45, 7) is 3.17. The molecule has 0 saturated heterocycles. The molecule has 1 unspecified atom stereocenters. The molecule has 6 nitrogen and oxygen atoms in total. The Morgan fingerprint density at radius 2 is 1.96 bits per heavy atom. The summed E-state index contributed by atoms with van der Waals surface area (Å²) in [5.41, 5.74) is 0.659. The molecule has 1 aromatic heterocycles. The minimum atomic E-state index is -1.30. The summed E-state index contributed by atoms with van der Waals surface area (Å²) in [4.78, 5) is 23.2. The Balaban J connectivity index is 1.99. The maximum Gasteiger partial charge on any atom is 0.346 e. The van der Waals surface area contributed by atoms with Crippen LogP contribution in [0.4, 0.5) is 4.39 Å². The van der Waals surface area contributed by atoms with Crippen molar-refractivity contribution in [3.05, 3.63) is 53.2 Å². The number of benzene rings is 1. The number of carbonyl (C=O) groups excluding carboxylic acids is 1. The first-order valence-corrected chi connectivity index (χ1v) is 6.87. The molecule has 0 aliphatic heterocycles. The second-order valence-electron chi connectivity index (χ2n) is 4.98. The van der Waals surface area contributed by atoms with E-state index in [2.05, 4.69) is 5.32 Å². The van der Waals surface area contributed by atoms with E-state index in [0.717, 1.165) is 12.1 Å². The maximum absolute atomic E-state index is 12.8. The summed E-state index contributed by atoms with van der Waals surface area (Å²) in [6.07, 6.45) is -1.30. The second kappa shape index (κ2) is 6.95. The van der Waals surface area contributed by atoms with Crippen LogP contribution in [-0.2, 0) is 4.79 Å². The van der Waals surface area contributed by atoms with Crippen LogP contribution in [0.5, 0.6) is 5.75 Å². The van der Waals surface area contributed by atoms with Gasteiger partial charge in [0.15, 0.2) is 5.76 Å². The number of nitrogens with one attached hydrogen (secondary N) is 1. The van der Waals surface area contributed by atoms with Crippen LogP contribution in [0.15, 0.2) is 34.7 Å². The number of ether oxygens (including phenoxy) is 1. The summed E-state index contributed by atoms with van der Waals surface area (Å²) < 4.78 is 23.3. The van der Waals surface area contributed by atoms with Crippen LogP contribution in [0.2, 0.25) is 0 Å². The Hall–Kier alpha value is -2.83. The Kier molecular flexibility index (Phi) is 5.00. The summed E-state index contributed by atoms with van der Waals surface area (Å²) in [5, 5.41) is 11.6. The number of aryl methyl sites for hydroxylation is 2. The van der Waals surface area contributed by atoms with Crippen LogP contribution in [0.25, 0.3) is 0 Å². The van der Waals surface area contributed by atoms with E-state index in [9.17, 15) is 14.0 Å². The molecular formula is C16H16FNO5. The van der Waals surface area contributed by atoms with Crippen LogP contribution in [0.3, 0.4) is 0 Å². The van der Waals surface area contributed by atoms with Gasteiger partial charge in [-0.3, -0.25) is 4.79 Å². The van der Waals surface area contributed by atoms with E-state index in [0.29, 0.717) is 11.3 Å². The first kappa shape index (κ1) is 16.5. The molecule has 2 aromatic rings. The van der Waals surface area contributed by atoms with Gasteiger partial charge in [-0.2, -0.15) is 0 Å². The molecule has 7 heteroatoms. The fourth-order valence-corrected chi connectivity index (χ4v) is 1.99. The topological polar surface area (TPSA) is 88.8 Å². The van der Waals surface area contributed by atoms with E-state index < -0.39 is 23.8 Å². The Labute approximate surface area is 131 Å². The molecule has 0 aliphatic carbocycles. The largest absolute Gasteiger partial charge is 0.478 e. The van der Waals surface area contributed by atoms with E-state index in [1.807, 2.05) is 0 Å². The first-order chi connectivity index (χ1) is 10.9. The van der Waals surface area contributed by atoms with Gasteiger partial charge in [0.1, 0.15) is 17.3 Å². The van der Waals surface area contributed by atoms with Gasteiger partial charge in [0, 0.05) is 5.56 Å². The van der Waals surface area contributed by atoms with Crippen molar-refractivity contribution in [2.75, 3.05) is 6.54 Å². The number of carboxylic acids is 1. The van der Waals surface area contributed by atoms with Crippen LogP contribution in [0, 0.1) is 19.7 Å². The van der Waals surface area contributed by atoms with E-state index >= 15 is 0 Å². The predicted molar refractivity (Wildman–Crippen MR) is 79.0 cm³/mol. The Morgan fingerprint density at radius 3 is 2.48 bits per heavy atom. The molecule has 122 valence electrons. The third kappa shape index (κ3) is 4.32. The van der Waals surface area contributed by atoms with E-state index in [-0.39, 0.29) is 18.1 Å². The van der Waals surface area contributed by atoms with E-state index in [1.165, 1.54) is 12.1 Å². The zero-order valence-electron chi connectivity index (χ0n) is 12.6. The molecule has 2 N–H and O–H groups in total. The number of carboxylic acid groups (broad SMARTS) is 1. The Morgan fingerprint density at radius 1 is 1.30 bits per heavy atom. The number of amides is 1. The van der Waals surface area contributed by atoms with Crippen LogP contribution < -0.4 is 10.1 Å². The molecule has 0 saturated carbocycles. The van der Waals surface area contributed by atoms with Crippen LogP contribution >= 0.6 is 0 Å². The third-order valence-electron chi connectivity index (χ3n) is 3.06. The number of carbonyl (C=O) groups is 2. The minimum absolute atomic E-state index is 0.133. The van der Waals surface area contributed by atoms with Crippen molar-refractivity contribution in [1.82, 2.24) is 5.32 Å². The summed E-state index contributed by atoms with van der Waals surface area (Å²) in [7, 11) is 0. The fourth-order valence-electron chi connectivity index (χ4n) is 1.99. The molecule has 0 radical (unpaired) electrons. The Bertz CT molecular complexity index is 708. The minimum Gasteiger partial charge on any atom is -0.478 e. The highest BCUT2D eigenvalue weighted by Crippen LogP contribution is 2.15. The van der Waals surface area contributed by atoms with Crippen molar-refractivity contribution >= 4 is 11.9 Å². The molecule has 1 amide bonds. The van der Waals surface area contributed by atoms with Crippen molar-refractivity contribution in [1.29, 1.82) is 0 Å². The summed E-state index contributed by atoms with van der Waals surface area (Å²) >= 11 is 0. The van der Waals surface area contributed by atoms with Gasteiger partial charge in [-0.05, 0) is 44.2 Å². The lowest BCUT2D eigenvalue weighted by molar-refractivity contribution is -0.144. The lowest BCUT2D eigenvalue weighted by atomic mass is 10.2. The number of halogens is 1. The van der Waals surface area contributed by atoms with Crippen molar-refractivity contribution in [2.45, 2.75) is 20.0 Å². The fraction of sp³-hybridized carbons (Fsp3) is 0.250. The number of rotatable bonds is 6. The first-order valence-electron chi connectivity index (χ1n) is 6.87. The molecule has 1 atom stereocenters. The van der Waals surface area contributed by atoms with Crippen LogP contribution in [0.1, 0.15) is 21.9 Å². The van der Waals surface area contributed by atoms with Crippen molar-refractivity contribution < 1.29 is 28.2 Å². The average molecular weight is 321 g/mol. The molecule has 1 heterocycles. The van der Waals surface area contributed by atoms with Crippen molar-refractivity contribution in [3.63, 3.8) is 0 Å². The zero-order chi connectivity index (χ0) is 17.0. The smallest absolute Gasteiger partial charge is 0.346 e. The monoisotopic (exact) mass is 321 g/mol. The maximum atomic E-state index is 12.8. The normalized spacial score (nSPS) is 11.8. The molecule has 2 rings (SSSR count). The lowest BCUT2D eigenvalue weighted by Crippen LogP contribution is -2.40. The number of hydrogen-bond acceptors (Lipinski definition) is 4.